The van der Waals surface area contributed by atoms with E-state index in [-0.39, 0.29) is 24.1 Å². The minimum absolute atomic E-state index is 0. The molecule has 2 fully saturated rings. The lowest BCUT2D eigenvalue weighted by Crippen LogP contribution is -2.43. The van der Waals surface area contributed by atoms with Crippen molar-refractivity contribution in [3.63, 3.8) is 0 Å². The van der Waals surface area contributed by atoms with E-state index in [1.165, 1.54) is 25.0 Å². The quantitative estimate of drug-likeness (QED) is 0.911. The number of rotatable bonds is 2. The van der Waals surface area contributed by atoms with Crippen LogP contribution in [0.1, 0.15) is 36.0 Å². The van der Waals surface area contributed by atoms with E-state index >= 15 is 0 Å². The van der Waals surface area contributed by atoms with Crippen LogP contribution in [0.2, 0.25) is 0 Å². The molecule has 2 heterocycles. The van der Waals surface area contributed by atoms with Crippen LogP contribution in [0.4, 0.5) is 4.39 Å². The van der Waals surface area contributed by atoms with Crippen LogP contribution in [0.25, 0.3) is 0 Å². The van der Waals surface area contributed by atoms with Gasteiger partial charge in [-0.2, -0.15) is 0 Å². The minimum atomic E-state index is -0.299. The summed E-state index contributed by atoms with van der Waals surface area (Å²) >= 11 is 0. The van der Waals surface area contributed by atoms with E-state index in [2.05, 4.69) is 5.32 Å². The predicted octanol–water partition coefficient (Wildman–Crippen LogP) is 2.85. The van der Waals surface area contributed by atoms with Gasteiger partial charge in [-0.3, -0.25) is 4.79 Å². The summed E-state index contributed by atoms with van der Waals surface area (Å²) < 4.78 is 12.9. The van der Waals surface area contributed by atoms with Crippen LogP contribution in [0.3, 0.4) is 0 Å². The average Bonchev–Trinajstić information content (AvgIpc) is 3.02. The molecule has 0 radical (unpaired) electrons. The number of nitrogens with zero attached hydrogens (tertiary/aromatic N) is 1. The third kappa shape index (κ3) is 3.74. The lowest BCUT2D eigenvalue weighted by Gasteiger charge is -2.35. The highest BCUT2D eigenvalue weighted by Crippen LogP contribution is 2.26. The summed E-state index contributed by atoms with van der Waals surface area (Å²) in [6.07, 6.45) is 4.70. The Balaban J connectivity index is 0.00000161. The van der Waals surface area contributed by atoms with Crippen LogP contribution in [0.5, 0.6) is 0 Å². The Morgan fingerprint density at radius 3 is 2.38 bits per heavy atom. The standard InChI is InChI=1S/C16H21FN2O.ClH/c17-14-5-3-13(4-6-14)16(20)19-10-7-12(8-11-19)15-2-1-9-18-15;/h3-6,12,15,18H,1-2,7-11H2;1H. The molecule has 2 saturated heterocycles. The summed E-state index contributed by atoms with van der Waals surface area (Å²) in [5.74, 6) is 0.435. The molecule has 1 atom stereocenters. The van der Waals surface area contributed by atoms with Crippen molar-refractivity contribution < 1.29 is 9.18 Å². The Bertz CT molecular complexity index is 466. The molecule has 1 aromatic carbocycles. The second-order valence-corrected chi connectivity index (χ2v) is 5.84. The van der Waals surface area contributed by atoms with Crippen molar-refractivity contribution in [1.82, 2.24) is 10.2 Å². The van der Waals surface area contributed by atoms with Gasteiger partial charge in [0.25, 0.3) is 5.91 Å². The molecule has 1 unspecified atom stereocenters. The minimum Gasteiger partial charge on any atom is -0.339 e. The van der Waals surface area contributed by atoms with Gasteiger partial charge in [0.15, 0.2) is 0 Å². The first-order chi connectivity index (χ1) is 9.74. The average molecular weight is 313 g/mol. The van der Waals surface area contributed by atoms with Gasteiger partial charge in [-0.15, -0.1) is 12.4 Å². The van der Waals surface area contributed by atoms with Crippen molar-refractivity contribution in [1.29, 1.82) is 0 Å². The Morgan fingerprint density at radius 1 is 1.14 bits per heavy atom. The molecule has 0 bridgehead atoms. The highest BCUT2D eigenvalue weighted by molar-refractivity contribution is 5.94. The number of carbonyl (C=O) groups excluding carboxylic acids is 1. The fraction of sp³-hybridized carbons (Fsp3) is 0.562. The zero-order valence-electron chi connectivity index (χ0n) is 12.1. The van der Waals surface area contributed by atoms with Gasteiger partial charge in [0.2, 0.25) is 0 Å². The van der Waals surface area contributed by atoms with Crippen molar-refractivity contribution in [3.05, 3.63) is 35.6 Å². The van der Waals surface area contributed by atoms with E-state index in [4.69, 9.17) is 0 Å². The van der Waals surface area contributed by atoms with Crippen LogP contribution in [-0.2, 0) is 0 Å². The largest absolute Gasteiger partial charge is 0.339 e. The number of hydrogen-bond donors (Lipinski definition) is 1. The van der Waals surface area contributed by atoms with Crippen LogP contribution >= 0.6 is 12.4 Å². The fourth-order valence-electron chi connectivity index (χ4n) is 3.39. The number of nitrogens with one attached hydrogen (secondary N) is 1. The molecule has 2 aliphatic rings. The molecule has 2 aliphatic heterocycles. The van der Waals surface area contributed by atoms with Gasteiger partial charge in [-0.25, -0.2) is 4.39 Å². The third-order valence-corrected chi connectivity index (χ3v) is 4.59. The number of benzene rings is 1. The molecule has 0 aliphatic carbocycles. The lowest BCUT2D eigenvalue weighted by atomic mass is 9.88. The van der Waals surface area contributed by atoms with Crippen molar-refractivity contribution >= 4 is 18.3 Å². The second-order valence-electron chi connectivity index (χ2n) is 5.84. The number of likely N-dealkylation sites (tertiary alicyclic amines) is 1. The summed E-state index contributed by atoms with van der Waals surface area (Å²) in [6, 6.07) is 6.49. The number of halogens is 2. The zero-order chi connectivity index (χ0) is 13.9. The van der Waals surface area contributed by atoms with Crippen molar-refractivity contribution in [2.24, 2.45) is 5.92 Å². The molecule has 1 N–H and O–H groups in total. The number of hydrogen-bond acceptors (Lipinski definition) is 2. The topological polar surface area (TPSA) is 32.3 Å². The number of amides is 1. The highest BCUT2D eigenvalue weighted by Gasteiger charge is 2.30. The van der Waals surface area contributed by atoms with Crippen LogP contribution in [-0.4, -0.2) is 36.5 Å². The molecule has 3 nitrogen and oxygen atoms in total. The Morgan fingerprint density at radius 2 is 1.81 bits per heavy atom. The van der Waals surface area contributed by atoms with E-state index in [1.807, 2.05) is 4.90 Å². The molecular formula is C16H22ClFN2O. The molecular weight excluding hydrogens is 291 g/mol. The Hall–Kier alpha value is -1.13. The van der Waals surface area contributed by atoms with E-state index in [1.54, 1.807) is 12.1 Å². The molecule has 0 aromatic heterocycles. The van der Waals surface area contributed by atoms with Gasteiger partial charge in [0.05, 0.1) is 0 Å². The lowest BCUT2D eigenvalue weighted by molar-refractivity contribution is 0.0674. The van der Waals surface area contributed by atoms with Gasteiger partial charge in [0.1, 0.15) is 5.82 Å². The predicted molar refractivity (Wildman–Crippen MR) is 83.3 cm³/mol. The monoisotopic (exact) mass is 312 g/mol. The molecule has 1 aromatic rings. The maximum absolute atomic E-state index is 12.9. The summed E-state index contributed by atoms with van der Waals surface area (Å²) in [6.45, 7) is 2.78. The molecule has 116 valence electrons. The summed E-state index contributed by atoms with van der Waals surface area (Å²) in [4.78, 5) is 14.2. The SMILES string of the molecule is Cl.O=C(c1ccc(F)cc1)N1CCC(C2CCCN2)CC1. The van der Waals surface area contributed by atoms with Gasteiger partial charge >= 0.3 is 0 Å². The summed E-state index contributed by atoms with van der Waals surface area (Å²) in [5.41, 5.74) is 0.587. The fourth-order valence-corrected chi connectivity index (χ4v) is 3.39. The molecule has 5 heteroatoms. The van der Waals surface area contributed by atoms with Crippen molar-refractivity contribution in [2.75, 3.05) is 19.6 Å². The first-order valence-corrected chi connectivity index (χ1v) is 7.52. The van der Waals surface area contributed by atoms with E-state index < -0.39 is 0 Å². The van der Waals surface area contributed by atoms with Crippen LogP contribution < -0.4 is 5.32 Å². The molecule has 1 amide bonds. The van der Waals surface area contributed by atoms with Gasteiger partial charge in [-0.05, 0) is 62.4 Å². The van der Waals surface area contributed by atoms with Gasteiger partial charge in [-0.1, -0.05) is 0 Å². The van der Waals surface area contributed by atoms with Crippen molar-refractivity contribution in [3.8, 4) is 0 Å². The zero-order valence-corrected chi connectivity index (χ0v) is 12.9. The van der Waals surface area contributed by atoms with Crippen LogP contribution in [0, 0.1) is 11.7 Å². The molecule has 0 saturated carbocycles. The number of piperidine rings is 1. The maximum atomic E-state index is 12.9. The first kappa shape index (κ1) is 16.2. The summed E-state index contributed by atoms with van der Waals surface area (Å²) in [5, 5.41) is 3.56. The molecule has 21 heavy (non-hydrogen) atoms. The molecule has 3 rings (SSSR count). The van der Waals surface area contributed by atoms with E-state index in [0.717, 1.165) is 32.5 Å². The third-order valence-electron chi connectivity index (χ3n) is 4.59. The molecule has 0 spiro atoms. The number of carbonyl (C=O) groups is 1. The second kappa shape index (κ2) is 7.23. The smallest absolute Gasteiger partial charge is 0.253 e. The maximum Gasteiger partial charge on any atom is 0.253 e. The Labute approximate surface area is 131 Å². The van der Waals surface area contributed by atoms with Gasteiger partial charge < -0.3 is 10.2 Å². The summed E-state index contributed by atoms with van der Waals surface area (Å²) in [7, 11) is 0. The highest BCUT2D eigenvalue weighted by atomic mass is 35.5. The first-order valence-electron chi connectivity index (χ1n) is 7.52. The van der Waals surface area contributed by atoms with E-state index in [9.17, 15) is 9.18 Å². The van der Waals surface area contributed by atoms with E-state index in [0.29, 0.717) is 17.5 Å². The van der Waals surface area contributed by atoms with Crippen molar-refractivity contribution in [2.45, 2.75) is 31.7 Å². The normalized spacial score (nSPS) is 22.9. The van der Waals surface area contributed by atoms with Gasteiger partial charge in [0, 0.05) is 24.7 Å². The van der Waals surface area contributed by atoms with Crippen LogP contribution in [0.15, 0.2) is 24.3 Å². The Kier molecular flexibility index (Phi) is 5.59.